The van der Waals surface area contributed by atoms with Crippen molar-refractivity contribution in [2.24, 2.45) is 0 Å². The molecule has 0 radical (unpaired) electrons. The van der Waals surface area contributed by atoms with Crippen molar-refractivity contribution in [3.63, 3.8) is 0 Å². The molecule has 2 aromatic carbocycles. The number of nitrogens with zero attached hydrogens (tertiary/aromatic N) is 1. The molecule has 3 rings (SSSR count). The number of rotatable bonds is 1. The quantitative estimate of drug-likeness (QED) is 0.722. The molecule has 0 saturated heterocycles. The van der Waals surface area contributed by atoms with E-state index in [0.29, 0.717) is 0 Å². The van der Waals surface area contributed by atoms with Crippen molar-refractivity contribution in [2.75, 3.05) is 4.90 Å². The number of benzene rings is 2. The van der Waals surface area contributed by atoms with Crippen LogP contribution in [0.1, 0.15) is 12.5 Å². The largest absolute Gasteiger partial charge is 0.470 e. The highest BCUT2D eigenvalue weighted by atomic mass is 32.1. The second kappa shape index (κ2) is 4.42. The van der Waals surface area contributed by atoms with E-state index in [9.17, 15) is 0 Å². The molecular formula is C15H13NOS. The average molecular weight is 255 g/mol. The summed E-state index contributed by atoms with van der Waals surface area (Å²) in [6, 6.07) is 18.0. The summed E-state index contributed by atoms with van der Waals surface area (Å²) in [6.07, 6.45) is -0.0881. The fraction of sp³-hybridized carbons (Fsp3) is 0.133. The van der Waals surface area contributed by atoms with Gasteiger partial charge in [-0.1, -0.05) is 42.5 Å². The predicted octanol–water partition coefficient (Wildman–Crippen LogP) is 3.61. The summed E-state index contributed by atoms with van der Waals surface area (Å²) in [7, 11) is 0. The van der Waals surface area contributed by atoms with Crippen LogP contribution in [0.15, 0.2) is 54.6 Å². The number of para-hydroxylation sites is 2. The lowest BCUT2D eigenvalue weighted by Gasteiger charge is -2.36. The lowest BCUT2D eigenvalue weighted by Crippen LogP contribution is -2.45. The van der Waals surface area contributed by atoms with Gasteiger partial charge in [0.2, 0.25) is 0 Å². The monoisotopic (exact) mass is 255 g/mol. The maximum absolute atomic E-state index is 5.91. The molecule has 1 aliphatic rings. The van der Waals surface area contributed by atoms with Gasteiger partial charge in [0.05, 0.1) is 5.56 Å². The minimum absolute atomic E-state index is 0.0881. The summed E-state index contributed by atoms with van der Waals surface area (Å²) >= 11 is 5.59. The zero-order valence-electron chi connectivity index (χ0n) is 10.0. The fourth-order valence-corrected chi connectivity index (χ4v) is 2.62. The lowest BCUT2D eigenvalue weighted by molar-refractivity contribution is 0.224. The highest BCUT2D eigenvalue weighted by molar-refractivity contribution is 7.81. The van der Waals surface area contributed by atoms with E-state index in [-0.39, 0.29) is 6.23 Å². The Labute approximate surface area is 112 Å². The van der Waals surface area contributed by atoms with E-state index in [1.54, 1.807) is 0 Å². The molecule has 0 N–H and O–H groups in total. The maximum Gasteiger partial charge on any atom is 0.174 e. The van der Waals surface area contributed by atoms with E-state index in [1.807, 2.05) is 66.4 Å². The number of fused-ring (bicyclic) bond motifs is 1. The first-order valence-electron chi connectivity index (χ1n) is 5.91. The Morgan fingerprint density at radius 3 is 2.44 bits per heavy atom. The van der Waals surface area contributed by atoms with E-state index >= 15 is 0 Å². The topological polar surface area (TPSA) is 12.5 Å². The van der Waals surface area contributed by atoms with Gasteiger partial charge in [0.25, 0.3) is 0 Å². The van der Waals surface area contributed by atoms with Gasteiger partial charge >= 0.3 is 0 Å². The highest BCUT2D eigenvalue weighted by Crippen LogP contribution is 2.31. The van der Waals surface area contributed by atoms with Crippen LogP contribution in [-0.4, -0.2) is 11.2 Å². The lowest BCUT2D eigenvalue weighted by atomic mass is 10.1. The summed E-state index contributed by atoms with van der Waals surface area (Å²) < 4.78 is 5.91. The molecule has 0 saturated carbocycles. The maximum atomic E-state index is 5.91. The number of ether oxygens (including phenoxy) is 1. The molecule has 1 heterocycles. The van der Waals surface area contributed by atoms with Gasteiger partial charge in [-0.05, 0) is 31.2 Å². The van der Waals surface area contributed by atoms with Crippen LogP contribution >= 0.6 is 12.2 Å². The van der Waals surface area contributed by atoms with E-state index < -0.39 is 0 Å². The van der Waals surface area contributed by atoms with Crippen LogP contribution in [0.25, 0.3) is 0 Å². The molecule has 0 bridgehead atoms. The zero-order valence-corrected chi connectivity index (χ0v) is 10.9. The number of hydrogen-bond acceptors (Lipinski definition) is 2. The molecule has 2 nitrogen and oxygen atoms in total. The first kappa shape index (κ1) is 11.2. The molecule has 0 spiro atoms. The summed E-state index contributed by atoms with van der Waals surface area (Å²) in [4.78, 5) is 2.85. The van der Waals surface area contributed by atoms with E-state index in [4.69, 9.17) is 17.0 Å². The molecule has 1 aliphatic heterocycles. The first-order chi connectivity index (χ1) is 8.77. The Hall–Kier alpha value is -1.87. The van der Waals surface area contributed by atoms with Crippen LogP contribution in [0.5, 0.6) is 5.75 Å². The Morgan fingerprint density at radius 1 is 1.00 bits per heavy atom. The molecule has 0 aromatic heterocycles. The Bertz CT molecular complexity index is 582. The zero-order chi connectivity index (χ0) is 12.5. The van der Waals surface area contributed by atoms with Crippen molar-refractivity contribution in [3.05, 3.63) is 60.2 Å². The molecular weight excluding hydrogens is 242 g/mol. The van der Waals surface area contributed by atoms with Gasteiger partial charge in [0.15, 0.2) is 6.23 Å². The van der Waals surface area contributed by atoms with Crippen LogP contribution in [0.2, 0.25) is 0 Å². The molecule has 90 valence electrons. The van der Waals surface area contributed by atoms with Crippen molar-refractivity contribution in [1.82, 2.24) is 0 Å². The average Bonchev–Trinajstić information content (AvgIpc) is 2.40. The number of anilines is 1. The van der Waals surface area contributed by atoms with Gasteiger partial charge in [0, 0.05) is 5.69 Å². The molecule has 3 heteroatoms. The second-order valence-corrected chi connectivity index (χ2v) is 4.61. The molecule has 0 amide bonds. The third-order valence-electron chi connectivity index (χ3n) is 3.03. The number of hydrogen-bond donors (Lipinski definition) is 0. The predicted molar refractivity (Wildman–Crippen MR) is 77.2 cm³/mol. The van der Waals surface area contributed by atoms with Gasteiger partial charge in [-0.15, -0.1) is 0 Å². The van der Waals surface area contributed by atoms with Crippen LogP contribution in [-0.2, 0) is 0 Å². The van der Waals surface area contributed by atoms with E-state index in [1.165, 1.54) is 0 Å². The molecule has 1 atom stereocenters. The van der Waals surface area contributed by atoms with Crippen LogP contribution < -0.4 is 9.64 Å². The van der Waals surface area contributed by atoms with Crippen LogP contribution in [0.4, 0.5) is 5.69 Å². The van der Waals surface area contributed by atoms with E-state index in [2.05, 4.69) is 0 Å². The van der Waals surface area contributed by atoms with Gasteiger partial charge in [-0.2, -0.15) is 0 Å². The standard InChI is InChI=1S/C15H13NOS/c1-11-16(12-7-3-2-4-8-12)15(18)13-9-5-6-10-14(13)17-11/h2-11H,1H3. The SMILES string of the molecule is CC1Oc2ccccc2C(=S)N1c1ccccc1. The van der Waals surface area contributed by atoms with Gasteiger partial charge in [-0.3, -0.25) is 4.90 Å². The summed E-state index contributed by atoms with van der Waals surface area (Å²) in [5, 5.41) is 0. The van der Waals surface area contributed by atoms with Crippen molar-refractivity contribution in [3.8, 4) is 5.75 Å². The minimum Gasteiger partial charge on any atom is -0.470 e. The molecule has 0 fully saturated rings. The summed E-state index contributed by atoms with van der Waals surface area (Å²) in [5.74, 6) is 0.863. The van der Waals surface area contributed by atoms with Crippen molar-refractivity contribution in [1.29, 1.82) is 0 Å². The van der Waals surface area contributed by atoms with Crippen LogP contribution in [0.3, 0.4) is 0 Å². The van der Waals surface area contributed by atoms with Gasteiger partial charge in [0.1, 0.15) is 10.7 Å². The smallest absolute Gasteiger partial charge is 0.174 e. The Kier molecular flexibility index (Phi) is 2.76. The highest BCUT2D eigenvalue weighted by Gasteiger charge is 2.28. The molecule has 2 aromatic rings. The second-order valence-electron chi connectivity index (χ2n) is 4.22. The van der Waals surface area contributed by atoms with Gasteiger partial charge in [-0.25, -0.2) is 0 Å². The van der Waals surface area contributed by atoms with Crippen LogP contribution in [0, 0.1) is 0 Å². The number of thiocarbonyl (C=S) groups is 1. The summed E-state index contributed by atoms with van der Waals surface area (Å²) in [5.41, 5.74) is 2.04. The fourth-order valence-electron chi connectivity index (χ4n) is 2.19. The third kappa shape index (κ3) is 1.77. The van der Waals surface area contributed by atoms with Crippen molar-refractivity contribution in [2.45, 2.75) is 13.2 Å². The Morgan fingerprint density at radius 2 is 1.67 bits per heavy atom. The Balaban J connectivity index is 2.06. The molecule has 18 heavy (non-hydrogen) atoms. The van der Waals surface area contributed by atoms with Crippen molar-refractivity contribution < 1.29 is 4.74 Å². The molecule has 1 unspecified atom stereocenters. The minimum atomic E-state index is -0.0881. The molecule has 0 aliphatic carbocycles. The third-order valence-corrected chi connectivity index (χ3v) is 3.45. The van der Waals surface area contributed by atoms with Gasteiger partial charge < -0.3 is 4.74 Å². The normalized spacial score (nSPS) is 18.2. The first-order valence-corrected chi connectivity index (χ1v) is 6.32. The summed E-state index contributed by atoms with van der Waals surface area (Å²) in [6.45, 7) is 2.01. The van der Waals surface area contributed by atoms with E-state index in [0.717, 1.165) is 22.0 Å². The van der Waals surface area contributed by atoms with Crippen molar-refractivity contribution >= 4 is 22.9 Å².